The summed E-state index contributed by atoms with van der Waals surface area (Å²) in [7, 11) is 1.00. The van der Waals surface area contributed by atoms with E-state index in [0.29, 0.717) is 25.7 Å². The largest absolute Gasteiger partial charge is 0.400 e. The van der Waals surface area contributed by atoms with Crippen LogP contribution in [0.3, 0.4) is 0 Å². The first-order valence-corrected chi connectivity index (χ1v) is 11.2. The molecule has 1 unspecified atom stereocenters. The van der Waals surface area contributed by atoms with Crippen LogP contribution >= 0.6 is 11.8 Å². The number of hydrogen-bond donors (Lipinski definition) is 2. The normalized spacial score (nSPS) is 10.4. The standard InChI is InChI=1S/C19H21NO2S.C4H8O.CH4O/c1-23-19(22)12-11-18(20-14-21)13-15-7-9-17(10-8-15)16-5-3-2-4-6-16;1-2-3-4-5;1-2/h2-10,14,18H,11-13H2,1H3,(H,20,21);4H,2-3H2,1H3;2H,1H3. The molecule has 0 spiro atoms. The van der Waals surface area contributed by atoms with Gasteiger partial charge < -0.3 is 15.2 Å². The van der Waals surface area contributed by atoms with Crippen molar-refractivity contribution in [1.82, 2.24) is 5.32 Å². The van der Waals surface area contributed by atoms with Gasteiger partial charge >= 0.3 is 0 Å². The first-order valence-electron chi connectivity index (χ1n) is 9.93. The molecule has 164 valence electrons. The van der Waals surface area contributed by atoms with Crippen LogP contribution in [0.2, 0.25) is 0 Å². The SMILES string of the molecule is CCCC=O.CO.CSC(=O)CCC(Cc1ccc(-c2ccccc2)cc1)NC=O. The predicted octanol–water partition coefficient (Wildman–Crippen LogP) is 4.27. The number of thioether (sulfide) groups is 1. The number of benzene rings is 2. The molecule has 0 bridgehead atoms. The lowest BCUT2D eigenvalue weighted by molar-refractivity contribution is -0.112. The summed E-state index contributed by atoms with van der Waals surface area (Å²) < 4.78 is 0. The second-order valence-electron chi connectivity index (χ2n) is 6.32. The van der Waals surface area contributed by atoms with Crippen LogP contribution in [-0.4, -0.2) is 42.3 Å². The monoisotopic (exact) mass is 431 g/mol. The van der Waals surface area contributed by atoms with Gasteiger partial charge in [0.05, 0.1) is 0 Å². The second kappa shape index (κ2) is 18.6. The molecule has 0 aliphatic carbocycles. The Bertz CT molecular complexity index is 705. The average Bonchev–Trinajstić information content (AvgIpc) is 2.81. The third-order valence-corrected chi connectivity index (χ3v) is 4.84. The maximum atomic E-state index is 11.4. The van der Waals surface area contributed by atoms with E-state index in [1.54, 1.807) is 6.26 Å². The zero-order valence-corrected chi connectivity index (χ0v) is 18.9. The Morgan fingerprint density at radius 1 is 1.03 bits per heavy atom. The predicted molar refractivity (Wildman–Crippen MR) is 125 cm³/mol. The van der Waals surface area contributed by atoms with Crippen LogP contribution < -0.4 is 5.32 Å². The number of aliphatic hydroxyl groups excluding tert-OH is 1. The van der Waals surface area contributed by atoms with Crippen molar-refractivity contribution in [2.75, 3.05) is 13.4 Å². The van der Waals surface area contributed by atoms with Crippen LogP contribution in [-0.2, 0) is 20.8 Å². The van der Waals surface area contributed by atoms with Crippen molar-refractivity contribution in [2.24, 2.45) is 0 Å². The number of aldehydes is 1. The summed E-state index contributed by atoms with van der Waals surface area (Å²) >= 11 is 1.24. The summed E-state index contributed by atoms with van der Waals surface area (Å²) in [4.78, 5) is 31.6. The highest BCUT2D eigenvalue weighted by atomic mass is 32.2. The van der Waals surface area contributed by atoms with E-state index >= 15 is 0 Å². The zero-order chi connectivity index (χ0) is 22.6. The molecule has 0 saturated heterocycles. The summed E-state index contributed by atoms with van der Waals surface area (Å²) in [6.45, 7) is 1.98. The lowest BCUT2D eigenvalue weighted by atomic mass is 9.99. The number of nitrogens with one attached hydrogen (secondary N) is 1. The van der Waals surface area contributed by atoms with Gasteiger partial charge in [-0.1, -0.05) is 73.3 Å². The molecule has 0 aliphatic rings. The fourth-order valence-electron chi connectivity index (χ4n) is 2.60. The van der Waals surface area contributed by atoms with Crippen LogP contribution in [0.25, 0.3) is 11.1 Å². The van der Waals surface area contributed by atoms with Crippen LogP contribution in [0.4, 0.5) is 0 Å². The Morgan fingerprint density at radius 2 is 1.63 bits per heavy atom. The second-order valence-corrected chi connectivity index (χ2v) is 7.18. The van der Waals surface area contributed by atoms with E-state index in [4.69, 9.17) is 5.11 Å². The van der Waals surface area contributed by atoms with E-state index < -0.39 is 0 Å². The molecular formula is C24H33NO4S. The van der Waals surface area contributed by atoms with Crippen molar-refractivity contribution in [1.29, 1.82) is 0 Å². The molecule has 1 atom stereocenters. The molecule has 0 saturated carbocycles. The highest BCUT2D eigenvalue weighted by molar-refractivity contribution is 8.13. The van der Waals surface area contributed by atoms with Gasteiger partial charge in [0.15, 0.2) is 5.12 Å². The van der Waals surface area contributed by atoms with Gasteiger partial charge in [-0.3, -0.25) is 9.59 Å². The average molecular weight is 432 g/mol. The molecule has 0 heterocycles. The molecule has 2 aromatic rings. The summed E-state index contributed by atoms with van der Waals surface area (Å²) in [5.74, 6) is 0. The molecule has 2 aromatic carbocycles. The number of rotatable bonds is 10. The van der Waals surface area contributed by atoms with Gasteiger partial charge in [0.1, 0.15) is 6.29 Å². The molecule has 0 aromatic heterocycles. The van der Waals surface area contributed by atoms with Crippen molar-refractivity contribution >= 4 is 29.6 Å². The highest BCUT2D eigenvalue weighted by Gasteiger charge is 2.11. The van der Waals surface area contributed by atoms with Gasteiger partial charge in [0.25, 0.3) is 0 Å². The van der Waals surface area contributed by atoms with Gasteiger partial charge in [-0.15, -0.1) is 0 Å². The molecule has 0 aliphatic heterocycles. The van der Waals surface area contributed by atoms with Gasteiger partial charge in [-0.05, 0) is 42.2 Å². The lowest BCUT2D eigenvalue weighted by Gasteiger charge is -2.16. The fraction of sp³-hybridized carbons (Fsp3) is 0.375. The summed E-state index contributed by atoms with van der Waals surface area (Å²) in [5.41, 5.74) is 3.51. The van der Waals surface area contributed by atoms with E-state index in [-0.39, 0.29) is 11.2 Å². The van der Waals surface area contributed by atoms with Gasteiger partial charge in [0, 0.05) is 26.0 Å². The third-order valence-electron chi connectivity index (χ3n) is 4.18. The van der Waals surface area contributed by atoms with E-state index in [0.717, 1.165) is 31.8 Å². The molecular weight excluding hydrogens is 398 g/mol. The van der Waals surface area contributed by atoms with Gasteiger partial charge in [-0.2, -0.15) is 0 Å². The van der Waals surface area contributed by atoms with E-state index in [1.807, 2.05) is 25.1 Å². The van der Waals surface area contributed by atoms with Crippen LogP contribution in [0.1, 0.15) is 38.2 Å². The number of carbonyl (C=O) groups excluding carboxylic acids is 3. The first kappa shape index (κ1) is 27.6. The molecule has 30 heavy (non-hydrogen) atoms. The Kier molecular flexibility index (Phi) is 17.1. The fourth-order valence-corrected chi connectivity index (χ4v) is 2.92. The Balaban J connectivity index is 0.00000105. The quantitative estimate of drug-likeness (QED) is 0.549. The van der Waals surface area contributed by atoms with Crippen molar-refractivity contribution in [3.8, 4) is 11.1 Å². The summed E-state index contributed by atoms with van der Waals surface area (Å²) in [5, 5.41) is 9.97. The summed E-state index contributed by atoms with van der Waals surface area (Å²) in [6.07, 6.45) is 6.99. The molecule has 2 N–H and O–H groups in total. The maximum absolute atomic E-state index is 11.4. The number of unbranched alkanes of at least 4 members (excludes halogenated alkanes) is 1. The minimum atomic E-state index is -0.00817. The Hall–Kier alpha value is -2.44. The van der Waals surface area contributed by atoms with E-state index in [1.165, 1.54) is 22.9 Å². The van der Waals surface area contributed by atoms with Crippen LogP contribution in [0.5, 0.6) is 0 Å². The number of carbonyl (C=O) groups is 3. The van der Waals surface area contributed by atoms with Gasteiger partial charge in [0.2, 0.25) is 6.41 Å². The topological polar surface area (TPSA) is 83.5 Å². The molecule has 5 nitrogen and oxygen atoms in total. The van der Waals surface area contributed by atoms with Crippen LogP contribution in [0, 0.1) is 0 Å². The molecule has 6 heteroatoms. The van der Waals surface area contributed by atoms with Crippen molar-refractivity contribution in [3.05, 3.63) is 60.2 Å². The lowest BCUT2D eigenvalue weighted by Crippen LogP contribution is -2.30. The minimum Gasteiger partial charge on any atom is -0.400 e. The zero-order valence-electron chi connectivity index (χ0n) is 18.0. The Labute approximate surface area is 184 Å². The first-order chi connectivity index (χ1) is 14.6. The number of hydrogen-bond acceptors (Lipinski definition) is 5. The molecule has 2 rings (SSSR count). The number of amides is 1. The van der Waals surface area contributed by atoms with E-state index in [2.05, 4.69) is 41.7 Å². The van der Waals surface area contributed by atoms with Crippen molar-refractivity contribution in [2.45, 2.75) is 45.1 Å². The van der Waals surface area contributed by atoms with Gasteiger partial charge in [-0.25, -0.2) is 0 Å². The molecule has 0 fully saturated rings. The number of aliphatic hydroxyl groups is 1. The molecule has 1 amide bonds. The van der Waals surface area contributed by atoms with Crippen molar-refractivity contribution < 1.29 is 19.5 Å². The molecule has 0 radical (unpaired) electrons. The van der Waals surface area contributed by atoms with Crippen LogP contribution in [0.15, 0.2) is 54.6 Å². The minimum absolute atomic E-state index is 0.00817. The Morgan fingerprint density at radius 3 is 2.10 bits per heavy atom. The maximum Gasteiger partial charge on any atom is 0.207 e. The van der Waals surface area contributed by atoms with E-state index in [9.17, 15) is 14.4 Å². The smallest absolute Gasteiger partial charge is 0.207 e. The summed E-state index contributed by atoms with van der Waals surface area (Å²) in [6, 6.07) is 18.6. The highest BCUT2D eigenvalue weighted by Crippen LogP contribution is 2.20. The third kappa shape index (κ3) is 12.2. The van der Waals surface area contributed by atoms with Crippen molar-refractivity contribution in [3.63, 3.8) is 0 Å².